The molecule has 15 rings (SSSR count). The Labute approximate surface area is 869 Å². The second kappa shape index (κ2) is 47.2. The quantitative estimate of drug-likeness (QED) is 0.0369. The summed E-state index contributed by atoms with van der Waals surface area (Å²) in [6.45, 7) is 34.0. The predicted octanol–water partition coefficient (Wildman–Crippen LogP) is 29.0. The van der Waals surface area contributed by atoms with Crippen molar-refractivity contribution < 1.29 is 63.2 Å². The second-order valence-corrected chi connectivity index (χ2v) is 105. The third kappa shape index (κ3) is 26.1. The molecule has 6 heterocycles. The van der Waals surface area contributed by atoms with E-state index in [9.17, 15) is 0 Å². The van der Waals surface area contributed by atoms with Crippen LogP contribution in [0.2, 0.25) is 101 Å². The maximum absolute atomic E-state index is 4.89. The Hall–Kier alpha value is -7.40. The minimum Gasteiger partial charge on any atom is 2.00 e. The minimum absolute atomic E-state index is 0. The van der Waals surface area contributed by atoms with Crippen LogP contribution in [0.15, 0.2) is 256 Å². The number of pyridine rings is 6. The molecule has 9 aromatic carbocycles. The van der Waals surface area contributed by atoms with Gasteiger partial charge in [-0.05, 0) is 6.92 Å². The topological polar surface area (TPSA) is 87.1 Å². The van der Waals surface area contributed by atoms with Gasteiger partial charge in [0.05, 0.1) is 0 Å². The Bertz CT molecular complexity index is 6190. The average Bonchev–Trinajstić information content (AvgIpc) is 0.777. The number of benzene rings is 9. The Kier molecular flexibility index (Phi) is 38.4. The molecule has 0 aliphatic heterocycles. The first-order valence-corrected chi connectivity index (χ1v) is 87.8. The summed E-state index contributed by atoms with van der Waals surface area (Å²) >= 11 is -12.2. The van der Waals surface area contributed by atoms with E-state index >= 15 is 0 Å². The number of hydrogen-bond acceptors (Lipinski definition) is 9. The first kappa shape index (κ1) is 110. The molecule has 0 aliphatic carbocycles. The Morgan fingerprint density at radius 3 is 0.615 bits per heavy atom. The summed E-state index contributed by atoms with van der Waals surface area (Å²) in [6.07, 6.45) is 12.1. The van der Waals surface area contributed by atoms with Gasteiger partial charge in [-0.15, -0.1) is 0 Å². The molecule has 0 spiro atoms. The first-order chi connectivity index (χ1) is 62.8. The number of rotatable bonds is 27. The van der Waals surface area contributed by atoms with Crippen LogP contribution in [-0.4, -0.2) is 110 Å². The van der Waals surface area contributed by atoms with Crippen molar-refractivity contribution >= 4 is 157 Å². The normalized spacial score (nSPS) is 11.7. The summed E-state index contributed by atoms with van der Waals surface area (Å²) in [4.78, 5) is 36.0. The largest absolute Gasteiger partial charge is 2.00 e. The van der Waals surface area contributed by atoms with Gasteiger partial charge < -0.3 is 0 Å². The molecule has 0 fully saturated rings. The van der Waals surface area contributed by atoms with Crippen molar-refractivity contribution in [3.8, 4) is 67.5 Å². The SMILES string of the molecule is C[CH2][Ge]([CH2]C)([CH2]C)[c]1ccnc(-c2[c-]c(N(c3[c-]c(-c4c[c]([Ge]([CH2]C)([CH2]C)[CH2]C)ccn4)ccc3)c3c(C)cc(C)cc3C)ccc2)c1.Cc1cc(C)c(N(c2[c-]c(-c3c[c]([Ge]([CH3])([CH3])[CH3])ccn3)ccc2)c2[c-]c(-c3c[c]([Ge]([CH3])([CH3])[CH3])ccn3)ccc2)c(C)c1.Cc1cc(C)c(N(c2[c-]c(-c3cc[c]([Ge]([CH3])([CH3])[CH3])cn3)ccc2)c2[c-]c(-c3cc[c]([Ge]([CH3])([CH3])[CH3])cn3)ccc2)c(C)c1.[Pt+2].[Pt+2].[Pt+2]. The van der Waals surface area contributed by atoms with Crippen LogP contribution in [0, 0.1) is 98.7 Å². The molecule has 0 amide bonds. The van der Waals surface area contributed by atoms with Crippen LogP contribution in [0.1, 0.15) is 91.6 Å². The van der Waals surface area contributed by atoms with Gasteiger partial charge in [-0.25, -0.2) is 0 Å². The molecule has 702 valence electrons. The zero-order valence-corrected chi connectivity index (χ0v) is 104. The zero-order valence-electron chi connectivity index (χ0n) is 84.5. The molecule has 0 unspecified atom stereocenters. The van der Waals surface area contributed by atoms with Crippen molar-refractivity contribution in [1.82, 2.24) is 29.9 Å². The fourth-order valence-corrected chi connectivity index (χ4v) is 43.0. The summed E-state index contributed by atoms with van der Waals surface area (Å²) in [6, 6.07) is 102. The van der Waals surface area contributed by atoms with Crippen LogP contribution >= 0.6 is 0 Å². The van der Waals surface area contributed by atoms with Gasteiger partial charge in [0.1, 0.15) is 0 Å². The van der Waals surface area contributed by atoms with Gasteiger partial charge in [-0.3, -0.25) is 0 Å². The number of aromatic nitrogens is 6. The van der Waals surface area contributed by atoms with E-state index in [-0.39, 0.29) is 63.2 Å². The third-order valence-electron chi connectivity index (χ3n) is 26.7. The molecular formula is C117H135Ge6N9Pt3. The Balaban J connectivity index is 0.000000208. The maximum Gasteiger partial charge on any atom is 2.00 e. The molecule has 6 aromatic heterocycles. The van der Waals surface area contributed by atoms with Gasteiger partial charge in [-0.1, -0.05) is 0 Å². The molecule has 0 radical (unpaired) electrons. The molecule has 135 heavy (non-hydrogen) atoms. The van der Waals surface area contributed by atoms with Crippen molar-refractivity contribution in [2.45, 2.75) is 204 Å². The maximum atomic E-state index is 4.89. The second-order valence-electron chi connectivity index (χ2n) is 40.2. The van der Waals surface area contributed by atoms with E-state index < -0.39 is 79.6 Å². The molecule has 0 atom stereocenters. The van der Waals surface area contributed by atoms with Crippen LogP contribution in [0.5, 0.6) is 0 Å². The number of anilines is 9. The van der Waals surface area contributed by atoms with Gasteiger partial charge in [0.2, 0.25) is 0 Å². The Morgan fingerprint density at radius 1 is 0.222 bits per heavy atom. The molecule has 0 saturated heterocycles. The van der Waals surface area contributed by atoms with Crippen molar-refractivity contribution in [2.24, 2.45) is 0 Å². The average molecular weight is 2690 g/mol. The van der Waals surface area contributed by atoms with E-state index in [0.29, 0.717) is 0 Å². The van der Waals surface area contributed by atoms with Crippen LogP contribution in [0.4, 0.5) is 51.2 Å². The van der Waals surface area contributed by atoms with Crippen LogP contribution < -0.4 is 41.1 Å². The van der Waals surface area contributed by atoms with Gasteiger partial charge in [-0.2, -0.15) is 0 Å². The molecule has 9 nitrogen and oxygen atoms in total. The van der Waals surface area contributed by atoms with Crippen molar-refractivity contribution in [3.63, 3.8) is 0 Å². The number of hydrogen-bond donors (Lipinski definition) is 0. The summed E-state index contributed by atoms with van der Waals surface area (Å²) < 4.78 is 8.78. The first-order valence-electron chi connectivity index (χ1n) is 47.4. The smallest absolute Gasteiger partial charge is 2.00 e. The molecule has 0 saturated carbocycles. The molecule has 0 bridgehead atoms. The van der Waals surface area contributed by atoms with E-state index in [0.717, 1.165) is 113 Å². The summed E-state index contributed by atoms with van der Waals surface area (Å²) in [5, 5.41) is 7.77. The summed E-state index contributed by atoms with van der Waals surface area (Å²) in [5.41, 5.74) is 32.2. The zero-order chi connectivity index (χ0) is 94.9. The van der Waals surface area contributed by atoms with Crippen molar-refractivity contribution in [3.05, 3.63) is 342 Å². The number of aryl methyl sites for hydroxylation is 9. The molecular weight excluding hydrogens is 2550 g/mol. The van der Waals surface area contributed by atoms with Gasteiger partial charge in [0, 0.05) is 0 Å². The predicted molar refractivity (Wildman–Crippen MR) is 584 cm³/mol. The standard InChI is InChI=1S/C43H53Ge2N3.2C37H41Ge2N3.3Pt/c1-10-44(11-2,12-3)37-22-24-46-41(30-37)35-18-16-20-39(28-35)48(43-33(8)26-32(7)27-34(43)9)40-21-17-19-36(29-40)42-31-38(23-25-47-42)45(13-4,14-5)15-6;1-26-20-27(2)37(28(3)21-26)42(33-14-10-12-29(22-33)35-24-31(16-18-40-35)38(4,5)6)34-15-11-13-30(23-34)36-25-32(17-19-41-36)39(7,8)9;1-26-20-27(2)37(28(3)21-26)42(33-14-10-12-29(22-33)35-18-16-31(24-40-35)38(4,5)6)34-15-11-13-30(23-34)36-19-17-32(25-41-36)39(7,8)9;;;/h16-27,30-31H,10-15H2,1-9H3;2*10-21,24-25H,1-9H3;;;/q3*-2;3*+2. The fourth-order valence-electron chi connectivity index (χ4n) is 18.7. The molecule has 18 heteroatoms. The van der Waals surface area contributed by atoms with Crippen LogP contribution in [-0.2, 0) is 63.2 Å². The van der Waals surface area contributed by atoms with E-state index in [4.69, 9.17) is 29.9 Å². The van der Waals surface area contributed by atoms with E-state index in [2.05, 4.69) is 455 Å². The van der Waals surface area contributed by atoms with Crippen LogP contribution in [0.3, 0.4) is 0 Å². The molecule has 0 N–H and O–H groups in total. The Morgan fingerprint density at radius 2 is 0.422 bits per heavy atom. The molecule has 0 aliphatic rings. The summed E-state index contributed by atoms with van der Waals surface area (Å²) in [5.74, 6) is 28.9. The van der Waals surface area contributed by atoms with E-state index in [1.54, 1.807) is 8.79 Å². The monoisotopic (exact) mass is 2690 g/mol. The van der Waals surface area contributed by atoms with Crippen LogP contribution in [0.25, 0.3) is 67.5 Å². The van der Waals surface area contributed by atoms with Crippen molar-refractivity contribution in [2.75, 3.05) is 14.7 Å². The fraction of sp³-hybridized carbons (Fsp3) is 0.282. The van der Waals surface area contributed by atoms with Gasteiger partial charge >= 0.3 is 872 Å². The van der Waals surface area contributed by atoms with Crippen molar-refractivity contribution in [1.29, 1.82) is 0 Å². The van der Waals surface area contributed by atoms with Gasteiger partial charge in [0.15, 0.2) is 0 Å². The van der Waals surface area contributed by atoms with E-state index in [1.165, 1.54) is 105 Å². The summed E-state index contributed by atoms with van der Waals surface area (Å²) in [7, 11) is 0. The number of nitrogens with zero attached hydrogens (tertiary/aromatic N) is 9. The van der Waals surface area contributed by atoms with Gasteiger partial charge in [0.25, 0.3) is 0 Å². The molecule has 15 aromatic rings. The third-order valence-corrected chi connectivity index (χ3v) is 67.2. The minimum atomic E-state index is -2.15. The van der Waals surface area contributed by atoms with E-state index in [1.807, 2.05) is 24.8 Å².